The van der Waals surface area contributed by atoms with Gasteiger partial charge in [-0.25, -0.2) is 0 Å². The van der Waals surface area contributed by atoms with Gasteiger partial charge in [0.15, 0.2) is 0 Å². The summed E-state index contributed by atoms with van der Waals surface area (Å²) in [7, 11) is 1.83. The highest BCUT2D eigenvalue weighted by molar-refractivity contribution is 7.09. The fourth-order valence-corrected chi connectivity index (χ4v) is 2.83. The fourth-order valence-electron chi connectivity index (χ4n) is 2.07. The van der Waals surface area contributed by atoms with Crippen molar-refractivity contribution in [2.45, 2.75) is 12.6 Å². The third-order valence-electron chi connectivity index (χ3n) is 3.18. The second kappa shape index (κ2) is 7.00. The van der Waals surface area contributed by atoms with Gasteiger partial charge in [-0.1, -0.05) is 6.07 Å². The lowest BCUT2D eigenvalue weighted by atomic mass is 10.3. The fraction of sp³-hybridized carbons (Fsp3) is 0.615. The molecule has 1 atom stereocenters. The van der Waals surface area contributed by atoms with Gasteiger partial charge in [0.25, 0.3) is 0 Å². The Morgan fingerprint density at radius 1 is 1.68 bits per heavy atom. The normalized spacial score (nSPS) is 20.4. The van der Waals surface area contributed by atoms with Gasteiger partial charge in [0, 0.05) is 25.0 Å². The van der Waals surface area contributed by atoms with Crippen LogP contribution < -0.4 is 0 Å². The minimum atomic E-state index is -0.163. The summed E-state index contributed by atoms with van der Waals surface area (Å²) >= 11 is 1.66. The van der Waals surface area contributed by atoms with Gasteiger partial charge in [-0.2, -0.15) is 0 Å². The topological polar surface area (TPSA) is 53.0 Å². The lowest BCUT2D eigenvalue weighted by Gasteiger charge is -2.32. The molecule has 6 heteroatoms. The number of nitrogens with zero attached hydrogens (tertiary/aromatic N) is 2. The molecule has 1 saturated heterocycles. The van der Waals surface area contributed by atoms with Crippen LogP contribution in [0.4, 0.5) is 0 Å². The Balaban J connectivity index is 1.79. The Morgan fingerprint density at radius 3 is 3.21 bits per heavy atom. The van der Waals surface area contributed by atoms with Crippen LogP contribution in [0.15, 0.2) is 17.5 Å². The van der Waals surface area contributed by atoms with E-state index in [2.05, 4.69) is 0 Å². The SMILES string of the molecule is CN(Cc1cccs1)C(=O)CN1CCOC(CO)C1. The van der Waals surface area contributed by atoms with E-state index in [0.717, 1.165) is 6.54 Å². The van der Waals surface area contributed by atoms with Crippen LogP contribution in [-0.4, -0.2) is 66.8 Å². The molecule has 0 saturated carbocycles. The predicted molar refractivity (Wildman–Crippen MR) is 74.1 cm³/mol. The van der Waals surface area contributed by atoms with Crippen molar-refractivity contribution in [1.82, 2.24) is 9.80 Å². The van der Waals surface area contributed by atoms with Crippen LogP contribution in [0.1, 0.15) is 4.88 Å². The van der Waals surface area contributed by atoms with Crippen molar-refractivity contribution in [2.24, 2.45) is 0 Å². The number of aliphatic hydroxyl groups is 1. The maximum absolute atomic E-state index is 12.1. The average molecular weight is 284 g/mol. The molecule has 106 valence electrons. The quantitative estimate of drug-likeness (QED) is 0.850. The van der Waals surface area contributed by atoms with Crippen LogP contribution in [0, 0.1) is 0 Å². The lowest BCUT2D eigenvalue weighted by molar-refractivity contribution is -0.134. The monoisotopic (exact) mass is 284 g/mol. The van der Waals surface area contributed by atoms with Crippen LogP contribution in [0.2, 0.25) is 0 Å². The largest absolute Gasteiger partial charge is 0.394 e. The Labute approximate surface area is 117 Å². The van der Waals surface area contributed by atoms with Gasteiger partial charge in [0.2, 0.25) is 5.91 Å². The molecule has 1 aliphatic rings. The third-order valence-corrected chi connectivity index (χ3v) is 4.05. The van der Waals surface area contributed by atoms with E-state index in [1.807, 2.05) is 29.5 Å². The Bertz CT molecular complexity index is 397. The van der Waals surface area contributed by atoms with Crippen LogP contribution in [0.3, 0.4) is 0 Å². The Hall–Kier alpha value is -0.950. The van der Waals surface area contributed by atoms with E-state index >= 15 is 0 Å². The number of ether oxygens (including phenoxy) is 1. The molecule has 5 nitrogen and oxygen atoms in total. The van der Waals surface area contributed by atoms with Gasteiger partial charge >= 0.3 is 0 Å². The lowest BCUT2D eigenvalue weighted by Crippen LogP contribution is -2.48. The van der Waals surface area contributed by atoms with E-state index < -0.39 is 0 Å². The summed E-state index contributed by atoms with van der Waals surface area (Å²) in [6.45, 7) is 3.00. The van der Waals surface area contributed by atoms with Crippen molar-refractivity contribution in [3.8, 4) is 0 Å². The van der Waals surface area contributed by atoms with E-state index in [0.29, 0.717) is 26.2 Å². The maximum Gasteiger partial charge on any atom is 0.236 e. The first-order valence-electron chi connectivity index (χ1n) is 6.40. The molecular weight excluding hydrogens is 264 g/mol. The van der Waals surface area contributed by atoms with Crippen molar-refractivity contribution >= 4 is 17.2 Å². The molecule has 2 rings (SSSR count). The zero-order chi connectivity index (χ0) is 13.7. The van der Waals surface area contributed by atoms with Crippen molar-refractivity contribution < 1.29 is 14.6 Å². The first kappa shape index (κ1) is 14.5. The molecule has 0 spiro atoms. The predicted octanol–water partition coefficient (Wildman–Crippen LogP) is 0.400. The van der Waals surface area contributed by atoms with Crippen LogP contribution in [0.25, 0.3) is 0 Å². The summed E-state index contributed by atoms with van der Waals surface area (Å²) in [5, 5.41) is 11.1. The molecular formula is C13H20N2O3S. The van der Waals surface area contributed by atoms with Crippen molar-refractivity contribution in [1.29, 1.82) is 0 Å². The molecule has 1 aliphatic heterocycles. The minimum absolute atomic E-state index is 0.00965. The molecule has 0 radical (unpaired) electrons. The molecule has 1 N–H and O–H groups in total. The second-order valence-electron chi connectivity index (χ2n) is 4.74. The number of carbonyl (C=O) groups is 1. The van der Waals surface area contributed by atoms with E-state index in [1.165, 1.54) is 4.88 Å². The molecule has 1 amide bonds. The second-order valence-corrected chi connectivity index (χ2v) is 5.77. The van der Waals surface area contributed by atoms with Crippen molar-refractivity contribution in [3.05, 3.63) is 22.4 Å². The maximum atomic E-state index is 12.1. The zero-order valence-electron chi connectivity index (χ0n) is 11.1. The molecule has 1 unspecified atom stereocenters. The molecule has 19 heavy (non-hydrogen) atoms. The van der Waals surface area contributed by atoms with Gasteiger partial charge < -0.3 is 14.7 Å². The highest BCUT2D eigenvalue weighted by Gasteiger charge is 2.22. The number of amides is 1. The number of carbonyl (C=O) groups excluding carboxylic acids is 1. The number of morpholine rings is 1. The first-order chi connectivity index (χ1) is 9.19. The van der Waals surface area contributed by atoms with Gasteiger partial charge in [0.05, 0.1) is 32.4 Å². The van der Waals surface area contributed by atoms with Crippen LogP contribution >= 0.6 is 11.3 Å². The van der Waals surface area contributed by atoms with E-state index in [1.54, 1.807) is 16.2 Å². The number of hydrogen-bond donors (Lipinski definition) is 1. The molecule has 2 heterocycles. The van der Waals surface area contributed by atoms with Crippen LogP contribution in [0.5, 0.6) is 0 Å². The number of aliphatic hydroxyl groups excluding tert-OH is 1. The summed E-state index contributed by atoms with van der Waals surface area (Å²) in [4.78, 5) is 17.1. The summed E-state index contributed by atoms with van der Waals surface area (Å²) in [6.07, 6.45) is -0.163. The molecule has 1 aromatic rings. The molecule has 1 aromatic heterocycles. The van der Waals surface area contributed by atoms with E-state index in [9.17, 15) is 4.79 Å². The van der Waals surface area contributed by atoms with Gasteiger partial charge in [0.1, 0.15) is 0 Å². The van der Waals surface area contributed by atoms with Gasteiger partial charge in [-0.05, 0) is 11.4 Å². The first-order valence-corrected chi connectivity index (χ1v) is 7.28. The third kappa shape index (κ3) is 4.28. The molecule has 0 aromatic carbocycles. The Kier molecular flexibility index (Phi) is 5.33. The molecule has 1 fully saturated rings. The summed E-state index contributed by atoms with van der Waals surface area (Å²) in [5.41, 5.74) is 0. The highest BCUT2D eigenvalue weighted by Crippen LogP contribution is 2.11. The summed E-state index contributed by atoms with van der Waals surface area (Å²) in [6, 6.07) is 4.02. The van der Waals surface area contributed by atoms with Crippen molar-refractivity contribution in [2.75, 3.05) is 39.9 Å². The highest BCUT2D eigenvalue weighted by atomic mass is 32.1. The van der Waals surface area contributed by atoms with Crippen LogP contribution in [-0.2, 0) is 16.1 Å². The van der Waals surface area contributed by atoms with E-state index in [4.69, 9.17) is 9.84 Å². The molecule has 0 bridgehead atoms. The van der Waals surface area contributed by atoms with Gasteiger partial charge in [-0.3, -0.25) is 9.69 Å². The zero-order valence-corrected chi connectivity index (χ0v) is 11.9. The number of likely N-dealkylation sites (N-methyl/N-ethyl adjacent to an activating group) is 1. The van der Waals surface area contributed by atoms with E-state index in [-0.39, 0.29) is 18.6 Å². The Morgan fingerprint density at radius 2 is 2.53 bits per heavy atom. The summed E-state index contributed by atoms with van der Waals surface area (Å²) in [5.74, 6) is 0.104. The minimum Gasteiger partial charge on any atom is -0.394 e. The van der Waals surface area contributed by atoms with Crippen molar-refractivity contribution in [3.63, 3.8) is 0 Å². The summed E-state index contributed by atoms with van der Waals surface area (Å²) < 4.78 is 5.37. The standard InChI is InChI=1S/C13H20N2O3S/c1-14(8-12-3-2-6-19-12)13(17)9-15-4-5-18-11(7-15)10-16/h2-3,6,11,16H,4-5,7-10H2,1H3. The number of rotatable bonds is 5. The average Bonchev–Trinajstić information content (AvgIpc) is 2.91. The number of thiophene rings is 1. The molecule has 0 aliphatic carbocycles. The smallest absolute Gasteiger partial charge is 0.236 e. The number of hydrogen-bond acceptors (Lipinski definition) is 5. The van der Waals surface area contributed by atoms with Gasteiger partial charge in [-0.15, -0.1) is 11.3 Å².